The Balaban J connectivity index is 2.42. The summed E-state index contributed by atoms with van der Waals surface area (Å²) in [4.78, 5) is 6.65. The fourth-order valence-electron chi connectivity index (χ4n) is 2.26. The molecule has 2 aromatic rings. The Hall–Kier alpha value is -1.77. The van der Waals surface area contributed by atoms with Crippen molar-refractivity contribution in [3.8, 4) is 0 Å². The molecule has 0 radical (unpaired) electrons. The molecule has 102 valence electrons. The lowest BCUT2D eigenvalue weighted by molar-refractivity contribution is 0.585. The number of nitrogens with two attached hydrogens (primary N) is 1. The average Bonchev–Trinajstić information content (AvgIpc) is 2.36. The van der Waals surface area contributed by atoms with Crippen LogP contribution in [0.15, 0.2) is 24.4 Å². The van der Waals surface area contributed by atoms with Gasteiger partial charge in [0.05, 0.1) is 0 Å². The van der Waals surface area contributed by atoms with E-state index >= 15 is 0 Å². The first kappa shape index (κ1) is 13.7. The monoisotopic (exact) mass is 257 g/mol. The SMILES string of the molecule is Cc1cc2c(N(C)CCC(C)C)ccc(N)c2cn1. The van der Waals surface area contributed by atoms with E-state index in [1.807, 2.05) is 19.2 Å². The second-order valence-electron chi connectivity index (χ2n) is 5.65. The molecule has 0 unspecified atom stereocenters. The maximum absolute atomic E-state index is 6.04. The van der Waals surface area contributed by atoms with Crippen LogP contribution in [0.5, 0.6) is 0 Å². The molecule has 0 spiro atoms. The van der Waals surface area contributed by atoms with Gasteiger partial charge in [0.1, 0.15) is 0 Å². The predicted octanol–water partition coefficient (Wildman–Crippen LogP) is 3.61. The number of aromatic nitrogens is 1. The average molecular weight is 257 g/mol. The van der Waals surface area contributed by atoms with Crippen LogP contribution in [-0.4, -0.2) is 18.6 Å². The standard InChI is InChI=1S/C16H23N3/c1-11(2)7-8-19(4)16-6-5-15(17)14-10-18-12(3)9-13(14)16/h5-6,9-11H,7-8,17H2,1-4H3. The quantitative estimate of drug-likeness (QED) is 0.851. The van der Waals surface area contributed by atoms with Crippen LogP contribution < -0.4 is 10.6 Å². The highest BCUT2D eigenvalue weighted by atomic mass is 15.1. The third-order valence-electron chi connectivity index (χ3n) is 3.50. The lowest BCUT2D eigenvalue weighted by atomic mass is 10.1. The molecule has 0 aliphatic rings. The van der Waals surface area contributed by atoms with Gasteiger partial charge >= 0.3 is 0 Å². The molecule has 3 heteroatoms. The Morgan fingerprint density at radius 1 is 1.26 bits per heavy atom. The van der Waals surface area contributed by atoms with Crippen LogP contribution in [0.2, 0.25) is 0 Å². The zero-order valence-electron chi connectivity index (χ0n) is 12.3. The van der Waals surface area contributed by atoms with Crippen molar-refractivity contribution in [2.45, 2.75) is 27.2 Å². The van der Waals surface area contributed by atoms with Gasteiger partial charge in [0, 0.05) is 47.6 Å². The predicted molar refractivity (Wildman–Crippen MR) is 83.6 cm³/mol. The van der Waals surface area contributed by atoms with Crippen LogP contribution in [0.25, 0.3) is 10.8 Å². The van der Waals surface area contributed by atoms with Crippen molar-refractivity contribution in [2.24, 2.45) is 5.92 Å². The molecule has 3 nitrogen and oxygen atoms in total. The number of benzene rings is 1. The Bertz CT molecular complexity index is 575. The van der Waals surface area contributed by atoms with E-state index in [9.17, 15) is 0 Å². The molecule has 1 aromatic carbocycles. The van der Waals surface area contributed by atoms with E-state index in [0.717, 1.165) is 23.3 Å². The molecule has 0 aliphatic carbocycles. The number of pyridine rings is 1. The van der Waals surface area contributed by atoms with Gasteiger partial charge in [0.25, 0.3) is 0 Å². The molecule has 2 N–H and O–H groups in total. The summed E-state index contributed by atoms with van der Waals surface area (Å²) in [5, 5.41) is 2.23. The molecule has 0 saturated carbocycles. The van der Waals surface area contributed by atoms with Crippen molar-refractivity contribution in [1.82, 2.24) is 4.98 Å². The van der Waals surface area contributed by atoms with Gasteiger partial charge in [0.15, 0.2) is 0 Å². The minimum atomic E-state index is 0.714. The Morgan fingerprint density at radius 3 is 2.68 bits per heavy atom. The van der Waals surface area contributed by atoms with E-state index in [2.05, 4.69) is 42.9 Å². The summed E-state index contributed by atoms with van der Waals surface area (Å²) in [5.74, 6) is 0.714. The number of hydrogen-bond donors (Lipinski definition) is 1. The second kappa shape index (κ2) is 5.47. The van der Waals surface area contributed by atoms with Crippen molar-refractivity contribution in [1.29, 1.82) is 0 Å². The second-order valence-corrected chi connectivity index (χ2v) is 5.65. The number of fused-ring (bicyclic) bond motifs is 1. The van der Waals surface area contributed by atoms with E-state index in [4.69, 9.17) is 5.73 Å². The number of hydrogen-bond acceptors (Lipinski definition) is 3. The van der Waals surface area contributed by atoms with Gasteiger partial charge < -0.3 is 10.6 Å². The highest BCUT2D eigenvalue weighted by molar-refractivity contribution is 6.01. The normalized spacial score (nSPS) is 11.2. The van der Waals surface area contributed by atoms with Crippen LogP contribution in [0, 0.1) is 12.8 Å². The molecular weight excluding hydrogens is 234 g/mol. The lowest BCUT2D eigenvalue weighted by Crippen LogP contribution is -2.20. The van der Waals surface area contributed by atoms with Crippen molar-refractivity contribution < 1.29 is 0 Å². The van der Waals surface area contributed by atoms with E-state index in [0.29, 0.717) is 5.92 Å². The number of anilines is 2. The van der Waals surface area contributed by atoms with Gasteiger partial charge in [-0.3, -0.25) is 4.98 Å². The summed E-state index contributed by atoms with van der Waals surface area (Å²) < 4.78 is 0. The first-order valence-electron chi connectivity index (χ1n) is 6.85. The minimum absolute atomic E-state index is 0.714. The smallest absolute Gasteiger partial charge is 0.0446 e. The number of nitrogens with zero attached hydrogens (tertiary/aromatic N) is 2. The third-order valence-corrected chi connectivity index (χ3v) is 3.50. The topological polar surface area (TPSA) is 42.1 Å². The summed E-state index contributed by atoms with van der Waals surface area (Å²) in [6, 6.07) is 6.20. The molecular formula is C16H23N3. The summed E-state index contributed by atoms with van der Waals surface area (Å²) in [6.45, 7) is 7.57. The Kier molecular flexibility index (Phi) is 3.93. The molecule has 19 heavy (non-hydrogen) atoms. The Morgan fingerprint density at radius 2 is 2.00 bits per heavy atom. The molecule has 1 heterocycles. The van der Waals surface area contributed by atoms with Gasteiger partial charge in [-0.2, -0.15) is 0 Å². The van der Waals surface area contributed by atoms with Gasteiger partial charge in [-0.25, -0.2) is 0 Å². The van der Waals surface area contributed by atoms with Crippen molar-refractivity contribution in [3.05, 3.63) is 30.1 Å². The summed E-state index contributed by atoms with van der Waals surface area (Å²) in [7, 11) is 2.14. The Labute approximate surface area is 115 Å². The zero-order valence-corrected chi connectivity index (χ0v) is 12.3. The van der Waals surface area contributed by atoms with Crippen LogP contribution in [0.4, 0.5) is 11.4 Å². The molecule has 0 bridgehead atoms. The maximum atomic E-state index is 6.04. The van der Waals surface area contributed by atoms with Crippen LogP contribution in [0.1, 0.15) is 26.0 Å². The largest absolute Gasteiger partial charge is 0.398 e. The summed E-state index contributed by atoms with van der Waals surface area (Å²) in [6.07, 6.45) is 3.06. The van der Waals surface area contributed by atoms with Crippen molar-refractivity contribution in [2.75, 3.05) is 24.2 Å². The van der Waals surface area contributed by atoms with Crippen molar-refractivity contribution in [3.63, 3.8) is 0 Å². The van der Waals surface area contributed by atoms with Gasteiger partial charge in [-0.15, -0.1) is 0 Å². The minimum Gasteiger partial charge on any atom is -0.398 e. The molecule has 2 rings (SSSR count). The van der Waals surface area contributed by atoms with E-state index in [1.54, 1.807) is 0 Å². The van der Waals surface area contributed by atoms with Gasteiger partial charge in [-0.05, 0) is 37.5 Å². The summed E-state index contributed by atoms with van der Waals surface area (Å²) >= 11 is 0. The van der Waals surface area contributed by atoms with E-state index < -0.39 is 0 Å². The zero-order chi connectivity index (χ0) is 14.0. The number of rotatable bonds is 4. The fourth-order valence-corrected chi connectivity index (χ4v) is 2.26. The molecule has 0 saturated heterocycles. The molecule has 0 fully saturated rings. The highest BCUT2D eigenvalue weighted by Gasteiger charge is 2.09. The number of aryl methyl sites for hydroxylation is 1. The molecule has 0 aliphatic heterocycles. The molecule has 0 amide bonds. The number of nitrogen functional groups attached to an aromatic ring is 1. The lowest BCUT2D eigenvalue weighted by Gasteiger charge is -2.22. The maximum Gasteiger partial charge on any atom is 0.0446 e. The first-order valence-corrected chi connectivity index (χ1v) is 6.85. The summed E-state index contributed by atoms with van der Waals surface area (Å²) in [5.41, 5.74) is 9.09. The first-order chi connectivity index (χ1) is 8.99. The van der Waals surface area contributed by atoms with Gasteiger partial charge in [-0.1, -0.05) is 13.8 Å². The fraction of sp³-hybridized carbons (Fsp3) is 0.438. The van der Waals surface area contributed by atoms with Gasteiger partial charge in [0.2, 0.25) is 0 Å². The highest BCUT2D eigenvalue weighted by Crippen LogP contribution is 2.30. The van der Waals surface area contributed by atoms with Crippen LogP contribution in [0.3, 0.4) is 0 Å². The van der Waals surface area contributed by atoms with E-state index in [-0.39, 0.29) is 0 Å². The molecule has 0 atom stereocenters. The van der Waals surface area contributed by atoms with Crippen LogP contribution in [-0.2, 0) is 0 Å². The van der Waals surface area contributed by atoms with E-state index in [1.165, 1.54) is 17.5 Å². The van der Waals surface area contributed by atoms with Crippen molar-refractivity contribution >= 4 is 22.1 Å². The van der Waals surface area contributed by atoms with Crippen LogP contribution >= 0.6 is 0 Å². The molecule has 1 aromatic heterocycles. The third kappa shape index (κ3) is 2.98.